The van der Waals surface area contributed by atoms with Crippen LogP contribution in [0.4, 0.5) is 0 Å². The van der Waals surface area contributed by atoms with Crippen molar-refractivity contribution in [1.82, 2.24) is 0 Å². The molecule has 1 atom stereocenters. The van der Waals surface area contributed by atoms with Gasteiger partial charge in [0, 0.05) is 13.2 Å². The lowest BCUT2D eigenvalue weighted by atomic mass is 10.1. The minimum absolute atomic E-state index is 0.152. The Kier molecular flexibility index (Phi) is 7.25. The Labute approximate surface area is 114 Å². The average molecular weight is 269 g/mol. The van der Waals surface area contributed by atoms with Crippen LogP contribution in [0, 0.1) is 0 Å². The van der Waals surface area contributed by atoms with Crippen LogP contribution in [-0.4, -0.2) is 40.6 Å². The number of ether oxygens (including phenoxy) is 4. The first-order valence-electron chi connectivity index (χ1n) is 6.32. The van der Waals surface area contributed by atoms with Gasteiger partial charge in [-0.05, 0) is 19.1 Å². The molecule has 5 heteroatoms. The molecule has 0 aliphatic heterocycles. The van der Waals surface area contributed by atoms with Gasteiger partial charge in [0.25, 0.3) is 0 Å². The average Bonchev–Trinajstić information content (AvgIpc) is 2.42. The highest BCUT2D eigenvalue weighted by atomic mass is 16.5. The van der Waals surface area contributed by atoms with E-state index in [4.69, 9.17) is 24.7 Å². The molecular weight excluding hydrogens is 246 g/mol. The quantitative estimate of drug-likeness (QED) is 0.692. The van der Waals surface area contributed by atoms with Gasteiger partial charge in [-0.1, -0.05) is 6.07 Å². The fourth-order valence-corrected chi connectivity index (χ4v) is 1.73. The molecule has 5 nitrogen and oxygen atoms in total. The maximum atomic E-state index is 5.95. The van der Waals surface area contributed by atoms with Crippen LogP contribution in [0.15, 0.2) is 18.2 Å². The minimum Gasteiger partial charge on any atom is -0.496 e. The highest BCUT2D eigenvalue weighted by Crippen LogP contribution is 2.32. The summed E-state index contributed by atoms with van der Waals surface area (Å²) in [7, 11) is 3.27. The number of hydrogen-bond donors (Lipinski definition) is 1. The summed E-state index contributed by atoms with van der Waals surface area (Å²) >= 11 is 0. The van der Waals surface area contributed by atoms with E-state index in [1.165, 1.54) is 0 Å². The first kappa shape index (κ1) is 15.8. The Morgan fingerprint density at radius 3 is 2.37 bits per heavy atom. The SMILES string of the molecule is COCCOCCOc1cccc(OC)c1[C@H](C)N. The Morgan fingerprint density at radius 2 is 1.74 bits per heavy atom. The van der Waals surface area contributed by atoms with E-state index in [1.54, 1.807) is 14.2 Å². The van der Waals surface area contributed by atoms with Crippen molar-refractivity contribution in [1.29, 1.82) is 0 Å². The monoisotopic (exact) mass is 269 g/mol. The smallest absolute Gasteiger partial charge is 0.127 e. The number of rotatable bonds is 9. The molecule has 0 spiro atoms. The van der Waals surface area contributed by atoms with E-state index in [-0.39, 0.29) is 6.04 Å². The fourth-order valence-electron chi connectivity index (χ4n) is 1.73. The predicted octanol–water partition coefficient (Wildman–Crippen LogP) is 1.76. The van der Waals surface area contributed by atoms with Gasteiger partial charge >= 0.3 is 0 Å². The molecule has 0 aliphatic rings. The number of methoxy groups -OCH3 is 2. The van der Waals surface area contributed by atoms with E-state index in [1.807, 2.05) is 25.1 Å². The Morgan fingerprint density at radius 1 is 1.05 bits per heavy atom. The molecule has 1 aromatic rings. The first-order chi connectivity index (χ1) is 9.20. The standard InChI is InChI=1S/C14H23NO4/c1-11(15)14-12(17-3)5-4-6-13(14)19-10-9-18-8-7-16-2/h4-6,11H,7-10,15H2,1-3H3/t11-/m0/s1. The summed E-state index contributed by atoms with van der Waals surface area (Å²) in [6, 6.07) is 5.49. The molecule has 19 heavy (non-hydrogen) atoms. The molecule has 0 fully saturated rings. The zero-order chi connectivity index (χ0) is 14.1. The Balaban J connectivity index is 2.53. The van der Waals surface area contributed by atoms with Crippen molar-refractivity contribution in [3.05, 3.63) is 23.8 Å². The van der Waals surface area contributed by atoms with Crippen molar-refractivity contribution in [2.45, 2.75) is 13.0 Å². The second kappa shape index (κ2) is 8.74. The maximum Gasteiger partial charge on any atom is 0.127 e. The molecule has 1 rings (SSSR count). The van der Waals surface area contributed by atoms with E-state index in [2.05, 4.69) is 0 Å². The van der Waals surface area contributed by atoms with Gasteiger partial charge in [-0.25, -0.2) is 0 Å². The van der Waals surface area contributed by atoms with Crippen LogP contribution < -0.4 is 15.2 Å². The summed E-state index contributed by atoms with van der Waals surface area (Å²) < 4.78 is 21.2. The van der Waals surface area contributed by atoms with Crippen LogP contribution in [0.2, 0.25) is 0 Å². The predicted molar refractivity (Wildman–Crippen MR) is 73.8 cm³/mol. The zero-order valence-electron chi connectivity index (χ0n) is 11.8. The molecule has 0 aromatic heterocycles. The highest BCUT2D eigenvalue weighted by Gasteiger charge is 2.13. The topological polar surface area (TPSA) is 62.9 Å². The van der Waals surface area contributed by atoms with Gasteiger partial charge < -0.3 is 24.7 Å². The lowest BCUT2D eigenvalue weighted by molar-refractivity contribution is 0.0542. The van der Waals surface area contributed by atoms with Gasteiger partial charge in [0.15, 0.2) is 0 Å². The fraction of sp³-hybridized carbons (Fsp3) is 0.571. The van der Waals surface area contributed by atoms with Crippen molar-refractivity contribution in [2.24, 2.45) is 5.73 Å². The third-order valence-corrected chi connectivity index (χ3v) is 2.62. The summed E-state index contributed by atoms with van der Waals surface area (Å²) in [5, 5.41) is 0. The summed E-state index contributed by atoms with van der Waals surface area (Å²) in [5.74, 6) is 1.48. The first-order valence-corrected chi connectivity index (χ1v) is 6.32. The van der Waals surface area contributed by atoms with Crippen LogP contribution in [0.3, 0.4) is 0 Å². The number of nitrogens with two attached hydrogens (primary N) is 1. The van der Waals surface area contributed by atoms with E-state index >= 15 is 0 Å². The molecule has 0 bridgehead atoms. The Hall–Kier alpha value is -1.30. The molecule has 0 aliphatic carbocycles. The van der Waals surface area contributed by atoms with E-state index in [0.29, 0.717) is 26.4 Å². The molecule has 108 valence electrons. The van der Waals surface area contributed by atoms with Crippen molar-refractivity contribution in [3.63, 3.8) is 0 Å². The van der Waals surface area contributed by atoms with Crippen molar-refractivity contribution in [2.75, 3.05) is 40.6 Å². The van der Waals surface area contributed by atoms with Crippen LogP contribution in [0.5, 0.6) is 11.5 Å². The molecule has 0 amide bonds. The molecule has 1 aromatic carbocycles. The zero-order valence-corrected chi connectivity index (χ0v) is 11.8. The van der Waals surface area contributed by atoms with Crippen molar-refractivity contribution < 1.29 is 18.9 Å². The van der Waals surface area contributed by atoms with Gasteiger partial charge in [0.1, 0.15) is 18.1 Å². The maximum absolute atomic E-state index is 5.95. The van der Waals surface area contributed by atoms with Gasteiger partial charge in [0.05, 0.1) is 32.5 Å². The molecule has 0 saturated carbocycles. The summed E-state index contributed by atoms with van der Waals surface area (Å²) in [6.07, 6.45) is 0. The lowest BCUT2D eigenvalue weighted by Crippen LogP contribution is -2.13. The Bertz CT molecular complexity index is 368. The normalized spacial score (nSPS) is 12.2. The third kappa shape index (κ3) is 5.06. The highest BCUT2D eigenvalue weighted by molar-refractivity contribution is 5.46. The molecule has 0 unspecified atom stereocenters. The van der Waals surface area contributed by atoms with Gasteiger partial charge in [-0.2, -0.15) is 0 Å². The van der Waals surface area contributed by atoms with E-state index in [9.17, 15) is 0 Å². The largest absolute Gasteiger partial charge is 0.496 e. The number of benzene rings is 1. The molecule has 2 N–H and O–H groups in total. The molecule has 0 radical (unpaired) electrons. The third-order valence-electron chi connectivity index (χ3n) is 2.62. The summed E-state index contributed by atoms with van der Waals surface area (Å²) in [6.45, 7) is 4.04. The second-order valence-corrected chi connectivity index (χ2v) is 4.11. The minimum atomic E-state index is -0.152. The summed E-state index contributed by atoms with van der Waals surface area (Å²) in [5.41, 5.74) is 6.83. The summed E-state index contributed by atoms with van der Waals surface area (Å²) in [4.78, 5) is 0. The van der Waals surface area contributed by atoms with Gasteiger partial charge in [0.2, 0.25) is 0 Å². The second-order valence-electron chi connectivity index (χ2n) is 4.11. The van der Waals surface area contributed by atoms with Crippen molar-refractivity contribution >= 4 is 0 Å². The van der Waals surface area contributed by atoms with Crippen LogP contribution in [0.1, 0.15) is 18.5 Å². The number of hydrogen-bond acceptors (Lipinski definition) is 5. The van der Waals surface area contributed by atoms with Gasteiger partial charge in [-0.3, -0.25) is 0 Å². The van der Waals surface area contributed by atoms with Crippen LogP contribution in [-0.2, 0) is 9.47 Å². The van der Waals surface area contributed by atoms with Crippen molar-refractivity contribution in [3.8, 4) is 11.5 Å². The van der Waals surface area contributed by atoms with Crippen LogP contribution in [0.25, 0.3) is 0 Å². The van der Waals surface area contributed by atoms with E-state index in [0.717, 1.165) is 17.1 Å². The lowest BCUT2D eigenvalue weighted by Gasteiger charge is -2.17. The molecule has 0 saturated heterocycles. The van der Waals surface area contributed by atoms with E-state index < -0.39 is 0 Å². The molecule has 0 heterocycles. The van der Waals surface area contributed by atoms with Crippen LogP contribution >= 0.6 is 0 Å². The molecular formula is C14H23NO4. The van der Waals surface area contributed by atoms with Gasteiger partial charge in [-0.15, -0.1) is 0 Å².